The van der Waals surface area contributed by atoms with Crippen LogP contribution in [0.2, 0.25) is 0 Å². The first-order chi connectivity index (χ1) is 17.5. The lowest BCUT2D eigenvalue weighted by molar-refractivity contribution is -0.129. The molecule has 0 bridgehead atoms. The number of fused-ring (bicyclic) bond motifs is 1. The van der Waals surface area contributed by atoms with E-state index in [0.717, 1.165) is 43.2 Å². The predicted molar refractivity (Wildman–Crippen MR) is 153 cm³/mol. The van der Waals surface area contributed by atoms with Crippen molar-refractivity contribution in [3.8, 4) is 11.1 Å². The van der Waals surface area contributed by atoms with E-state index in [1.807, 2.05) is 0 Å². The monoisotopic (exact) mass is 502 g/mol. The third-order valence-electron chi connectivity index (χ3n) is 8.41. The van der Waals surface area contributed by atoms with Gasteiger partial charge in [-0.1, -0.05) is 70.4 Å². The molecule has 0 spiro atoms. The van der Waals surface area contributed by atoms with E-state index in [-0.39, 0.29) is 41.5 Å². The molecule has 0 radical (unpaired) electrons. The zero-order valence-electron chi connectivity index (χ0n) is 24.3. The topological polar surface area (TPSA) is 51.2 Å². The summed E-state index contributed by atoms with van der Waals surface area (Å²) in [5.74, 6) is 0.940. The summed E-state index contributed by atoms with van der Waals surface area (Å²) >= 11 is 0. The summed E-state index contributed by atoms with van der Waals surface area (Å²) in [7, 11) is 0. The highest BCUT2D eigenvalue weighted by molar-refractivity contribution is 6.02. The molecule has 3 atom stereocenters. The molecule has 3 heteroatoms. The maximum atomic E-state index is 13.8. The summed E-state index contributed by atoms with van der Waals surface area (Å²) in [4.78, 5) is 38.3. The summed E-state index contributed by atoms with van der Waals surface area (Å²) in [5, 5.41) is 0. The highest BCUT2D eigenvalue weighted by Crippen LogP contribution is 2.42. The number of hydrogen-bond donors (Lipinski definition) is 0. The van der Waals surface area contributed by atoms with Crippen molar-refractivity contribution in [1.82, 2.24) is 0 Å². The molecule has 0 aliphatic heterocycles. The first-order valence-corrected chi connectivity index (χ1v) is 14.3. The molecule has 0 saturated carbocycles. The van der Waals surface area contributed by atoms with Gasteiger partial charge in [-0.25, -0.2) is 0 Å². The minimum absolute atomic E-state index is 0.0308. The summed E-state index contributed by atoms with van der Waals surface area (Å²) in [6.45, 7) is 16.5. The van der Waals surface area contributed by atoms with Gasteiger partial charge in [0.1, 0.15) is 11.6 Å². The molecule has 0 amide bonds. The average Bonchev–Trinajstić information content (AvgIpc) is 2.79. The van der Waals surface area contributed by atoms with Crippen LogP contribution in [0.4, 0.5) is 0 Å². The molecule has 1 aliphatic carbocycles. The van der Waals surface area contributed by atoms with E-state index in [4.69, 9.17) is 0 Å². The zero-order valence-corrected chi connectivity index (χ0v) is 24.3. The molecule has 200 valence electrons. The molecule has 2 aromatic rings. The SMILES string of the molecule is CCCC(CC1CC(=O)c2c(C)c(-c3ccc(C)cc3C)cc(C(C)C)c2C1)C(CC)C(=O)CC(C)=O. The van der Waals surface area contributed by atoms with E-state index >= 15 is 0 Å². The number of rotatable bonds is 11. The maximum Gasteiger partial charge on any atom is 0.163 e. The van der Waals surface area contributed by atoms with E-state index < -0.39 is 0 Å². The Kier molecular flexibility index (Phi) is 9.67. The fourth-order valence-electron chi connectivity index (χ4n) is 6.74. The minimum atomic E-state index is -0.0986. The van der Waals surface area contributed by atoms with Gasteiger partial charge in [0.25, 0.3) is 0 Å². The summed E-state index contributed by atoms with van der Waals surface area (Å²) in [5.41, 5.74) is 9.40. The lowest BCUT2D eigenvalue weighted by Gasteiger charge is -2.33. The number of benzene rings is 2. The lowest BCUT2D eigenvalue weighted by atomic mass is 9.70. The number of aryl methyl sites for hydroxylation is 2. The van der Waals surface area contributed by atoms with E-state index in [9.17, 15) is 14.4 Å². The fraction of sp³-hybridized carbons (Fsp3) is 0.559. The molecule has 0 heterocycles. The van der Waals surface area contributed by atoms with Crippen LogP contribution < -0.4 is 0 Å². The van der Waals surface area contributed by atoms with Gasteiger partial charge >= 0.3 is 0 Å². The second kappa shape index (κ2) is 12.3. The molecular weight excluding hydrogens is 456 g/mol. The Morgan fingerprint density at radius 3 is 2.27 bits per heavy atom. The third kappa shape index (κ3) is 6.48. The molecule has 2 aromatic carbocycles. The third-order valence-corrected chi connectivity index (χ3v) is 8.41. The van der Waals surface area contributed by atoms with Gasteiger partial charge in [-0.3, -0.25) is 14.4 Å². The largest absolute Gasteiger partial charge is 0.300 e. The number of ketones is 3. The van der Waals surface area contributed by atoms with Gasteiger partial charge in [0, 0.05) is 17.9 Å². The Labute approximate surface area is 224 Å². The quantitative estimate of drug-likeness (QED) is 0.289. The van der Waals surface area contributed by atoms with E-state index in [1.54, 1.807) is 0 Å². The van der Waals surface area contributed by atoms with Crippen molar-refractivity contribution in [2.45, 2.75) is 106 Å². The molecule has 0 N–H and O–H groups in total. The number of hydrogen-bond acceptors (Lipinski definition) is 3. The lowest BCUT2D eigenvalue weighted by Crippen LogP contribution is -2.30. The van der Waals surface area contributed by atoms with Gasteiger partial charge < -0.3 is 0 Å². The molecule has 0 aromatic heterocycles. The van der Waals surface area contributed by atoms with Crippen molar-refractivity contribution in [2.75, 3.05) is 0 Å². The Hall–Kier alpha value is -2.55. The minimum Gasteiger partial charge on any atom is -0.300 e. The molecule has 3 nitrogen and oxygen atoms in total. The maximum absolute atomic E-state index is 13.8. The first kappa shape index (κ1) is 29.0. The van der Waals surface area contributed by atoms with Gasteiger partial charge in [-0.2, -0.15) is 0 Å². The van der Waals surface area contributed by atoms with Crippen molar-refractivity contribution in [3.05, 3.63) is 57.6 Å². The van der Waals surface area contributed by atoms with Crippen molar-refractivity contribution in [3.63, 3.8) is 0 Å². The molecular formula is C34H46O3. The second-order valence-electron chi connectivity index (χ2n) is 11.8. The summed E-state index contributed by atoms with van der Waals surface area (Å²) in [6.07, 6.45) is 5.05. The van der Waals surface area contributed by atoms with Crippen LogP contribution in [0.1, 0.15) is 117 Å². The van der Waals surface area contributed by atoms with E-state index in [0.29, 0.717) is 12.3 Å². The van der Waals surface area contributed by atoms with Crippen LogP contribution in [0.25, 0.3) is 11.1 Å². The van der Waals surface area contributed by atoms with Crippen molar-refractivity contribution in [1.29, 1.82) is 0 Å². The molecule has 0 fully saturated rings. The standard InChI is InChI=1S/C34H46O3/c1-9-11-26(27(10-2)32(36)15-23(7)35)16-25-17-31-29(20(3)4)19-30(24(8)34(31)33(37)18-25)28-13-12-21(5)14-22(28)6/h12-14,19-20,25-27H,9-11,15-18H2,1-8H3. The van der Waals surface area contributed by atoms with Crippen LogP contribution in [0.3, 0.4) is 0 Å². The Balaban J connectivity index is 2.00. The van der Waals surface area contributed by atoms with Gasteiger partial charge in [0.2, 0.25) is 0 Å². The van der Waals surface area contributed by atoms with Crippen molar-refractivity contribution >= 4 is 17.3 Å². The van der Waals surface area contributed by atoms with Gasteiger partial charge in [0.15, 0.2) is 5.78 Å². The van der Waals surface area contributed by atoms with Crippen LogP contribution in [0.15, 0.2) is 24.3 Å². The van der Waals surface area contributed by atoms with Crippen LogP contribution >= 0.6 is 0 Å². The summed E-state index contributed by atoms with van der Waals surface area (Å²) in [6, 6.07) is 8.89. The van der Waals surface area contributed by atoms with Crippen LogP contribution in [-0.2, 0) is 16.0 Å². The highest BCUT2D eigenvalue weighted by Gasteiger charge is 2.35. The van der Waals surface area contributed by atoms with Crippen LogP contribution in [0, 0.1) is 38.5 Å². The Morgan fingerprint density at radius 2 is 1.70 bits per heavy atom. The Morgan fingerprint density at radius 1 is 1.00 bits per heavy atom. The number of carbonyl (C=O) groups excluding carboxylic acids is 3. The van der Waals surface area contributed by atoms with Crippen molar-refractivity contribution < 1.29 is 14.4 Å². The smallest absolute Gasteiger partial charge is 0.163 e. The molecule has 37 heavy (non-hydrogen) atoms. The van der Waals surface area contributed by atoms with Gasteiger partial charge in [-0.05, 0) is 98.1 Å². The number of carbonyl (C=O) groups is 3. The summed E-state index contributed by atoms with van der Waals surface area (Å²) < 4.78 is 0. The van der Waals surface area contributed by atoms with Gasteiger partial charge in [0.05, 0.1) is 6.42 Å². The van der Waals surface area contributed by atoms with E-state index in [1.165, 1.54) is 40.3 Å². The van der Waals surface area contributed by atoms with Gasteiger partial charge in [-0.15, -0.1) is 0 Å². The normalized spacial score (nSPS) is 17.0. The number of Topliss-reactive ketones (excluding diaryl/α,β-unsaturated/α-hetero) is 3. The van der Waals surface area contributed by atoms with Crippen molar-refractivity contribution in [2.24, 2.45) is 17.8 Å². The molecule has 3 rings (SSSR count). The first-order valence-electron chi connectivity index (χ1n) is 14.3. The average molecular weight is 503 g/mol. The zero-order chi connectivity index (χ0) is 27.4. The van der Waals surface area contributed by atoms with Crippen LogP contribution in [-0.4, -0.2) is 17.3 Å². The second-order valence-corrected chi connectivity index (χ2v) is 11.8. The molecule has 1 aliphatic rings. The highest BCUT2D eigenvalue weighted by atomic mass is 16.1. The fourth-order valence-corrected chi connectivity index (χ4v) is 6.74. The molecule has 0 saturated heterocycles. The van der Waals surface area contributed by atoms with E-state index in [2.05, 4.69) is 72.7 Å². The Bertz CT molecular complexity index is 1170. The van der Waals surface area contributed by atoms with Crippen LogP contribution in [0.5, 0.6) is 0 Å². The predicted octanol–water partition coefficient (Wildman–Crippen LogP) is 8.53. The molecule has 3 unspecified atom stereocenters.